The van der Waals surface area contributed by atoms with Crippen LogP contribution < -0.4 is 10.9 Å². The van der Waals surface area contributed by atoms with Crippen molar-refractivity contribution < 1.29 is 0 Å². The van der Waals surface area contributed by atoms with Crippen LogP contribution in [0.2, 0.25) is 10.0 Å². The fourth-order valence-corrected chi connectivity index (χ4v) is 5.12. The van der Waals surface area contributed by atoms with E-state index in [-0.39, 0.29) is 5.56 Å². The molecule has 1 aliphatic rings. The van der Waals surface area contributed by atoms with Gasteiger partial charge in [0.1, 0.15) is 0 Å². The van der Waals surface area contributed by atoms with E-state index in [1.54, 1.807) is 30.6 Å². The number of aromatic nitrogens is 3. The van der Waals surface area contributed by atoms with Crippen molar-refractivity contribution in [1.82, 2.24) is 19.4 Å². The number of pyridine rings is 1. The van der Waals surface area contributed by atoms with E-state index in [4.69, 9.17) is 23.2 Å². The lowest BCUT2D eigenvalue weighted by Crippen LogP contribution is -2.29. The number of piperidine rings is 1. The van der Waals surface area contributed by atoms with Crippen molar-refractivity contribution in [2.75, 3.05) is 25.5 Å². The maximum absolute atomic E-state index is 13.2. The number of nitrogens with zero attached hydrogens (tertiary/aromatic N) is 4. The molecule has 0 aliphatic carbocycles. The Morgan fingerprint density at radius 3 is 2.38 bits per heavy atom. The lowest BCUT2D eigenvalue weighted by molar-refractivity contribution is 0.255. The first-order valence-electron chi connectivity index (χ1n) is 11.3. The Kier molecular flexibility index (Phi) is 6.30. The third kappa shape index (κ3) is 4.41. The van der Waals surface area contributed by atoms with E-state index < -0.39 is 0 Å². The number of nitrogens with one attached hydrogen (secondary N) is 1. The van der Waals surface area contributed by atoms with Gasteiger partial charge in [-0.1, -0.05) is 41.4 Å². The first kappa shape index (κ1) is 22.8. The summed E-state index contributed by atoms with van der Waals surface area (Å²) in [6.07, 6.45) is 5.64. The highest BCUT2D eigenvalue weighted by Gasteiger charge is 2.18. The van der Waals surface area contributed by atoms with E-state index in [1.807, 2.05) is 6.92 Å². The molecule has 2 aromatic heterocycles. The molecule has 174 valence electrons. The molecule has 1 N–H and O–H groups in total. The number of halogens is 2. The lowest BCUT2D eigenvalue weighted by atomic mass is 9.89. The minimum absolute atomic E-state index is 0.273. The van der Waals surface area contributed by atoms with Crippen LogP contribution >= 0.6 is 23.2 Å². The molecule has 0 saturated carbocycles. The van der Waals surface area contributed by atoms with Gasteiger partial charge in [-0.2, -0.15) is 0 Å². The summed E-state index contributed by atoms with van der Waals surface area (Å²) in [4.78, 5) is 24.6. The van der Waals surface area contributed by atoms with Gasteiger partial charge >= 0.3 is 0 Å². The minimum Gasteiger partial charge on any atom is -0.324 e. The second-order valence-corrected chi connectivity index (χ2v) is 9.65. The summed E-state index contributed by atoms with van der Waals surface area (Å²) in [6.45, 7) is 4.18. The van der Waals surface area contributed by atoms with E-state index in [2.05, 4.69) is 51.5 Å². The van der Waals surface area contributed by atoms with Crippen LogP contribution in [0.25, 0.3) is 16.6 Å². The third-order valence-electron chi connectivity index (χ3n) is 6.47. The summed E-state index contributed by atoms with van der Waals surface area (Å²) >= 11 is 12.7. The Morgan fingerprint density at radius 1 is 1.03 bits per heavy atom. The quantitative estimate of drug-likeness (QED) is 0.380. The normalized spacial score (nSPS) is 15.1. The molecular weight excluding hydrogens is 469 g/mol. The van der Waals surface area contributed by atoms with Crippen LogP contribution in [-0.2, 0) is 0 Å². The minimum atomic E-state index is -0.273. The summed E-state index contributed by atoms with van der Waals surface area (Å²) in [5.41, 5.74) is 3.86. The standard InChI is InChI=1S/C26H25Cl2N5O/c1-16-15-33(24-21(27)4-3-5-22(24)28)25(34)20-14-29-26(31-23(16)20)30-19-8-6-17(7-9-19)18-10-12-32(2)13-11-18/h3-9,14-15,18H,10-13H2,1-2H3,(H,29,30,31). The topological polar surface area (TPSA) is 63.1 Å². The Morgan fingerprint density at radius 2 is 1.71 bits per heavy atom. The van der Waals surface area contributed by atoms with Gasteiger partial charge in [0, 0.05) is 18.1 Å². The number of hydrogen-bond acceptors (Lipinski definition) is 5. The van der Waals surface area contributed by atoms with Crippen LogP contribution in [0.15, 0.2) is 59.7 Å². The van der Waals surface area contributed by atoms with Gasteiger partial charge in [0.25, 0.3) is 5.56 Å². The third-order valence-corrected chi connectivity index (χ3v) is 7.08. The van der Waals surface area contributed by atoms with Crippen LogP contribution in [0.3, 0.4) is 0 Å². The molecule has 8 heteroatoms. The van der Waals surface area contributed by atoms with Crippen molar-refractivity contribution in [2.45, 2.75) is 25.7 Å². The smallest absolute Gasteiger partial charge is 0.266 e. The molecule has 3 heterocycles. The van der Waals surface area contributed by atoms with Gasteiger partial charge in [-0.25, -0.2) is 9.97 Å². The predicted octanol–water partition coefficient (Wildman–Crippen LogP) is 5.95. The number of aryl methyl sites for hydroxylation is 1. The van der Waals surface area contributed by atoms with Crippen molar-refractivity contribution in [3.8, 4) is 5.69 Å². The van der Waals surface area contributed by atoms with Gasteiger partial charge in [-0.3, -0.25) is 9.36 Å². The largest absolute Gasteiger partial charge is 0.324 e. The molecule has 0 amide bonds. The number of rotatable bonds is 4. The molecule has 0 atom stereocenters. The lowest BCUT2D eigenvalue weighted by Gasteiger charge is -2.29. The molecule has 1 saturated heterocycles. The van der Waals surface area contributed by atoms with Crippen molar-refractivity contribution in [1.29, 1.82) is 0 Å². The second kappa shape index (κ2) is 9.37. The molecule has 1 fully saturated rings. The molecule has 0 unspecified atom stereocenters. The molecule has 0 radical (unpaired) electrons. The van der Waals surface area contributed by atoms with Gasteiger partial charge < -0.3 is 10.2 Å². The fraction of sp³-hybridized carbons (Fsp3) is 0.269. The average Bonchev–Trinajstić information content (AvgIpc) is 2.83. The van der Waals surface area contributed by atoms with Crippen molar-refractivity contribution in [2.24, 2.45) is 0 Å². The number of fused-ring (bicyclic) bond motifs is 1. The van der Waals surface area contributed by atoms with E-state index in [9.17, 15) is 4.79 Å². The van der Waals surface area contributed by atoms with Gasteiger partial charge in [0.05, 0.1) is 26.6 Å². The first-order valence-corrected chi connectivity index (χ1v) is 12.1. The highest BCUT2D eigenvalue weighted by atomic mass is 35.5. The van der Waals surface area contributed by atoms with Crippen LogP contribution in [-0.4, -0.2) is 39.6 Å². The summed E-state index contributed by atoms with van der Waals surface area (Å²) in [6, 6.07) is 13.6. The van der Waals surface area contributed by atoms with Gasteiger partial charge in [-0.05, 0) is 81.2 Å². The summed E-state index contributed by atoms with van der Waals surface area (Å²) in [5, 5.41) is 4.46. The zero-order valence-electron chi connectivity index (χ0n) is 19.1. The summed E-state index contributed by atoms with van der Waals surface area (Å²) in [7, 11) is 2.18. The maximum Gasteiger partial charge on any atom is 0.266 e. The predicted molar refractivity (Wildman–Crippen MR) is 139 cm³/mol. The highest BCUT2D eigenvalue weighted by molar-refractivity contribution is 6.37. The van der Waals surface area contributed by atoms with Crippen LogP contribution in [0.1, 0.15) is 29.9 Å². The molecular formula is C26H25Cl2N5O. The Balaban J connectivity index is 1.43. The van der Waals surface area contributed by atoms with E-state index in [1.165, 1.54) is 23.0 Å². The fourth-order valence-electron chi connectivity index (χ4n) is 4.54. The average molecular weight is 494 g/mol. The van der Waals surface area contributed by atoms with Crippen LogP contribution in [0.5, 0.6) is 0 Å². The van der Waals surface area contributed by atoms with Crippen molar-refractivity contribution in [3.05, 3.63) is 86.4 Å². The SMILES string of the molecule is Cc1cn(-c2c(Cl)cccc2Cl)c(=O)c2cnc(Nc3ccc(C4CCN(C)CC4)cc3)nc12. The van der Waals surface area contributed by atoms with Crippen molar-refractivity contribution >= 4 is 45.7 Å². The highest BCUT2D eigenvalue weighted by Crippen LogP contribution is 2.30. The number of para-hydroxylation sites is 1. The number of likely N-dealkylation sites (tertiary alicyclic amines) is 1. The Hall–Kier alpha value is -2.93. The molecule has 4 aromatic rings. The maximum atomic E-state index is 13.2. The molecule has 1 aliphatic heterocycles. The molecule has 0 bridgehead atoms. The zero-order chi connectivity index (χ0) is 23.8. The van der Waals surface area contributed by atoms with Crippen LogP contribution in [0, 0.1) is 6.92 Å². The van der Waals surface area contributed by atoms with Crippen molar-refractivity contribution in [3.63, 3.8) is 0 Å². The van der Waals surface area contributed by atoms with Gasteiger partial charge in [0.2, 0.25) is 5.95 Å². The summed E-state index contributed by atoms with van der Waals surface area (Å²) < 4.78 is 1.46. The number of hydrogen-bond donors (Lipinski definition) is 1. The second-order valence-electron chi connectivity index (χ2n) is 8.84. The molecule has 6 nitrogen and oxygen atoms in total. The van der Waals surface area contributed by atoms with Gasteiger partial charge in [-0.15, -0.1) is 0 Å². The monoisotopic (exact) mass is 493 g/mol. The van der Waals surface area contributed by atoms with E-state index in [0.717, 1.165) is 24.3 Å². The number of benzene rings is 2. The Labute approximate surface area is 208 Å². The van der Waals surface area contributed by atoms with E-state index in [0.29, 0.717) is 38.5 Å². The molecule has 2 aromatic carbocycles. The van der Waals surface area contributed by atoms with Crippen LogP contribution in [0.4, 0.5) is 11.6 Å². The Bertz CT molecular complexity index is 1390. The molecule has 5 rings (SSSR count). The molecule has 34 heavy (non-hydrogen) atoms. The van der Waals surface area contributed by atoms with E-state index >= 15 is 0 Å². The number of anilines is 2. The zero-order valence-corrected chi connectivity index (χ0v) is 20.6. The molecule has 0 spiro atoms. The first-order chi connectivity index (χ1) is 16.4. The summed E-state index contributed by atoms with van der Waals surface area (Å²) in [5.74, 6) is 1.05. The van der Waals surface area contributed by atoms with Gasteiger partial charge in [0.15, 0.2) is 0 Å².